The Bertz CT molecular complexity index is 960. The van der Waals surface area contributed by atoms with Crippen molar-refractivity contribution >= 4 is 26.7 Å². The minimum Gasteiger partial charge on any atom is -0.326 e. The number of nitrogens with zero attached hydrogens (tertiary/aromatic N) is 2. The van der Waals surface area contributed by atoms with Crippen molar-refractivity contribution in [2.45, 2.75) is 25.3 Å². The first-order valence-electron chi connectivity index (χ1n) is 7.69. The highest BCUT2D eigenvalue weighted by Gasteiger charge is 2.23. The minimum atomic E-state index is -0.113. The van der Waals surface area contributed by atoms with Crippen molar-refractivity contribution in [3.05, 3.63) is 68.5 Å². The molecule has 1 aliphatic rings. The summed E-state index contributed by atoms with van der Waals surface area (Å²) in [7, 11) is 0. The first-order valence-corrected chi connectivity index (χ1v) is 8.48. The van der Waals surface area contributed by atoms with Crippen molar-refractivity contribution in [1.82, 2.24) is 9.78 Å². The summed E-state index contributed by atoms with van der Waals surface area (Å²) in [4.78, 5) is 12.8. The van der Waals surface area contributed by atoms with Crippen LogP contribution < -0.4 is 11.3 Å². The summed E-state index contributed by atoms with van der Waals surface area (Å²) >= 11 is 3.49. The first kappa shape index (κ1) is 14.6. The Labute approximate surface area is 142 Å². The van der Waals surface area contributed by atoms with Crippen LogP contribution in [-0.2, 0) is 6.54 Å². The molecule has 5 heteroatoms. The van der Waals surface area contributed by atoms with Gasteiger partial charge in [0.15, 0.2) is 0 Å². The maximum atomic E-state index is 12.8. The van der Waals surface area contributed by atoms with Crippen LogP contribution in [0.2, 0.25) is 0 Å². The van der Waals surface area contributed by atoms with E-state index in [2.05, 4.69) is 33.2 Å². The van der Waals surface area contributed by atoms with Crippen LogP contribution in [0.5, 0.6) is 0 Å². The number of aromatic nitrogens is 2. The molecule has 0 amide bonds. The fourth-order valence-electron chi connectivity index (χ4n) is 2.96. The maximum Gasteiger partial charge on any atom is 0.279 e. The van der Waals surface area contributed by atoms with Crippen LogP contribution in [0, 0.1) is 0 Å². The van der Waals surface area contributed by atoms with E-state index in [0.29, 0.717) is 17.8 Å². The van der Waals surface area contributed by atoms with Gasteiger partial charge in [-0.25, -0.2) is 0 Å². The lowest BCUT2D eigenvalue weighted by Crippen LogP contribution is -2.23. The van der Waals surface area contributed by atoms with Gasteiger partial charge in [-0.15, -0.1) is 0 Å². The van der Waals surface area contributed by atoms with Crippen molar-refractivity contribution in [3.8, 4) is 5.69 Å². The number of fused-ring (bicyclic) bond motifs is 1. The largest absolute Gasteiger partial charge is 0.326 e. The van der Waals surface area contributed by atoms with Crippen LogP contribution in [-0.4, -0.2) is 9.78 Å². The van der Waals surface area contributed by atoms with E-state index in [0.717, 1.165) is 21.1 Å². The molecule has 1 saturated carbocycles. The molecule has 0 radical (unpaired) electrons. The molecule has 0 bridgehead atoms. The Hall–Kier alpha value is -1.98. The van der Waals surface area contributed by atoms with Crippen molar-refractivity contribution in [1.29, 1.82) is 0 Å². The summed E-state index contributed by atoms with van der Waals surface area (Å²) in [5, 5.41) is 5.97. The Morgan fingerprint density at radius 3 is 2.83 bits per heavy atom. The third kappa shape index (κ3) is 2.50. The van der Waals surface area contributed by atoms with Crippen molar-refractivity contribution in [2.24, 2.45) is 5.73 Å². The molecular weight excluding hydrogens is 354 g/mol. The van der Waals surface area contributed by atoms with Crippen LogP contribution in [0.1, 0.15) is 29.9 Å². The molecule has 1 aromatic heterocycles. The normalized spacial score (nSPS) is 14.3. The van der Waals surface area contributed by atoms with Crippen molar-refractivity contribution in [2.75, 3.05) is 0 Å². The molecule has 3 aromatic rings. The molecule has 4 rings (SSSR count). The van der Waals surface area contributed by atoms with Gasteiger partial charge in [0.25, 0.3) is 5.56 Å². The molecule has 2 aromatic carbocycles. The molecule has 1 aliphatic carbocycles. The topological polar surface area (TPSA) is 60.9 Å². The number of benzene rings is 2. The third-order valence-electron chi connectivity index (χ3n) is 4.39. The van der Waals surface area contributed by atoms with Crippen LogP contribution in [0.4, 0.5) is 0 Å². The maximum absolute atomic E-state index is 12.8. The van der Waals surface area contributed by atoms with E-state index in [-0.39, 0.29) is 5.56 Å². The van der Waals surface area contributed by atoms with Crippen LogP contribution >= 0.6 is 15.9 Å². The van der Waals surface area contributed by atoms with E-state index in [9.17, 15) is 4.79 Å². The summed E-state index contributed by atoms with van der Waals surface area (Å²) in [6.07, 6.45) is 4.26. The highest BCUT2D eigenvalue weighted by atomic mass is 79.9. The Kier molecular flexibility index (Phi) is 3.54. The van der Waals surface area contributed by atoms with Gasteiger partial charge in [0.1, 0.15) is 0 Å². The second-order valence-corrected chi connectivity index (χ2v) is 6.78. The summed E-state index contributed by atoms with van der Waals surface area (Å²) in [5.74, 6) is 0.663. The lowest BCUT2D eigenvalue weighted by Gasteiger charge is -2.12. The summed E-state index contributed by atoms with van der Waals surface area (Å²) in [6, 6.07) is 11.7. The number of halogens is 1. The number of hydrogen-bond acceptors (Lipinski definition) is 3. The zero-order valence-electron chi connectivity index (χ0n) is 12.5. The lowest BCUT2D eigenvalue weighted by molar-refractivity contribution is 0.804. The van der Waals surface area contributed by atoms with E-state index in [1.54, 1.807) is 6.20 Å². The standard InChI is InChI=1S/C18H16BrN3O/c19-16-2-1-3-17(15(16)9-20)22-18(23)14-7-6-12(11-4-5-11)8-13(14)10-21-22/h1-3,6-8,10-11H,4-5,9,20H2. The van der Waals surface area contributed by atoms with E-state index in [1.165, 1.54) is 23.1 Å². The predicted molar refractivity (Wildman–Crippen MR) is 94.9 cm³/mol. The summed E-state index contributed by atoms with van der Waals surface area (Å²) in [6.45, 7) is 0.337. The van der Waals surface area contributed by atoms with Crippen molar-refractivity contribution in [3.63, 3.8) is 0 Å². The second-order valence-electron chi connectivity index (χ2n) is 5.92. The van der Waals surface area contributed by atoms with Gasteiger partial charge in [-0.05, 0) is 48.6 Å². The molecule has 4 nitrogen and oxygen atoms in total. The highest BCUT2D eigenvalue weighted by molar-refractivity contribution is 9.10. The Morgan fingerprint density at radius 2 is 2.09 bits per heavy atom. The zero-order chi connectivity index (χ0) is 16.0. The fourth-order valence-corrected chi connectivity index (χ4v) is 3.48. The van der Waals surface area contributed by atoms with Gasteiger partial charge in [0.05, 0.1) is 17.3 Å². The SMILES string of the molecule is NCc1c(Br)cccc1-n1ncc2cc(C3CC3)ccc2c1=O. The predicted octanol–water partition coefficient (Wildman–Crippen LogP) is 3.48. The quantitative estimate of drug-likeness (QED) is 0.768. The van der Waals surface area contributed by atoms with Crippen LogP contribution in [0.15, 0.2) is 51.9 Å². The summed E-state index contributed by atoms with van der Waals surface area (Å²) < 4.78 is 2.32. The van der Waals surface area contributed by atoms with Gasteiger partial charge in [-0.1, -0.05) is 28.1 Å². The number of nitrogens with two attached hydrogens (primary N) is 1. The molecule has 0 saturated heterocycles. The smallest absolute Gasteiger partial charge is 0.279 e. The number of hydrogen-bond donors (Lipinski definition) is 1. The molecule has 0 spiro atoms. The van der Waals surface area contributed by atoms with Gasteiger partial charge in [-0.3, -0.25) is 4.79 Å². The third-order valence-corrected chi connectivity index (χ3v) is 5.13. The Balaban J connectivity index is 1.92. The first-order chi connectivity index (χ1) is 11.2. The molecule has 2 N–H and O–H groups in total. The van der Waals surface area contributed by atoms with Gasteiger partial charge in [-0.2, -0.15) is 9.78 Å². The van der Waals surface area contributed by atoms with Crippen LogP contribution in [0.25, 0.3) is 16.5 Å². The van der Waals surface area contributed by atoms with Gasteiger partial charge in [0, 0.05) is 22.0 Å². The second kappa shape index (κ2) is 5.58. The number of rotatable bonds is 3. The van der Waals surface area contributed by atoms with E-state index in [1.807, 2.05) is 24.3 Å². The minimum absolute atomic E-state index is 0.113. The molecule has 0 aliphatic heterocycles. The van der Waals surface area contributed by atoms with Gasteiger partial charge < -0.3 is 5.73 Å². The molecule has 0 atom stereocenters. The molecule has 0 unspecified atom stereocenters. The van der Waals surface area contributed by atoms with E-state index in [4.69, 9.17) is 5.73 Å². The average Bonchev–Trinajstić information content (AvgIpc) is 3.40. The monoisotopic (exact) mass is 369 g/mol. The van der Waals surface area contributed by atoms with Gasteiger partial charge >= 0.3 is 0 Å². The summed E-state index contributed by atoms with van der Waals surface area (Å²) in [5.41, 5.74) is 8.63. The molecule has 1 heterocycles. The molecular formula is C18H16BrN3O. The average molecular weight is 370 g/mol. The zero-order valence-corrected chi connectivity index (χ0v) is 14.1. The Morgan fingerprint density at radius 1 is 1.26 bits per heavy atom. The molecule has 116 valence electrons. The highest BCUT2D eigenvalue weighted by Crippen LogP contribution is 2.40. The lowest BCUT2D eigenvalue weighted by atomic mass is 10.1. The molecule has 23 heavy (non-hydrogen) atoms. The van der Waals surface area contributed by atoms with Gasteiger partial charge in [0.2, 0.25) is 0 Å². The van der Waals surface area contributed by atoms with Crippen LogP contribution in [0.3, 0.4) is 0 Å². The molecule has 1 fully saturated rings. The fraction of sp³-hybridized carbons (Fsp3) is 0.222. The van der Waals surface area contributed by atoms with E-state index < -0.39 is 0 Å². The van der Waals surface area contributed by atoms with E-state index >= 15 is 0 Å². The van der Waals surface area contributed by atoms with Crippen molar-refractivity contribution < 1.29 is 0 Å².